The van der Waals surface area contributed by atoms with Crippen molar-refractivity contribution in [2.24, 2.45) is 0 Å². The summed E-state index contributed by atoms with van der Waals surface area (Å²) in [6, 6.07) is 25.5. The maximum absolute atomic E-state index is 13.9. The van der Waals surface area contributed by atoms with Gasteiger partial charge in [-0.15, -0.1) is 0 Å². The van der Waals surface area contributed by atoms with E-state index < -0.39 is 6.04 Å². The molecule has 1 atom stereocenters. The van der Waals surface area contributed by atoms with Gasteiger partial charge in [0.25, 0.3) is 0 Å². The Morgan fingerprint density at radius 2 is 1.63 bits per heavy atom. The van der Waals surface area contributed by atoms with E-state index in [1.807, 2.05) is 85.8 Å². The zero-order chi connectivity index (χ0) is 24.6. The minimum absolute atomic E-state index is 0.0400. The molecule has 1 fully saturated rings. The maximum atomic E-state index is 13.9. The van der Waals surface area contributed by atoms with Gasteiger partial charge < -0.3 is 10.2 Å². The van der Waals surface area contributed by atoms with Crippen LogP contribution in [0.25, 0.3) is 0 Å². The molecule has 3 aromatic carbocycles. The third kappa shape index (κ3) is 7.04. The van der Waals surface area contributed by atoms with Gasteiger partial charge in [-0.05, 0) is 54.2 Å². The molecule has 5 heteroatoms. The Morgan fingerprint density at radius 3 is 2.34 bits per heavy atom. The molecule has 0 radical (unpaired) electrons. The fraction of sp³-hybridized carbons (Fsp3) is 0.333. The highest BCUT2D eigenvalue weighted by atomic mass is 79.9. The first-order valence-corrected chi connectivity index (χ1v) is 13.2. The van der Waals surface area contributed by atoms with E-state index in [1.165, 1.54) is 0 Å². The second kappa shape index (κ2) is 12.2. The SMILES string of the molecule is Cc1ccccc1CC(=O)N(Cc1cccc(Br)c1)C(Cc1ccccc1)C(=O)NC1CCCC1. The lowest BCUT2D eigenvalue weighted by Crippen LogP contribution is -2.52. The first kappa shape index (κ1) is 25.2. The van der Waals surface area contributed by atoms with E-state index in [9.17, 15) is 9.59 Å². The molecule has 1 saturated carbocycles. The third-order valence-corrected chi connectivity index (χ3v) is 7.31. The van der Waals surface area contributed by atoms with Crippen LogP contribution >= 0.6 is 15.9 Å². The van der Waals surface area contributed by atoms with Crippen molar-refractivity contribution in [1.29, 1.82) is 0 Å². The zero-order valence-corrected chi connectivity index (χ0v) is 21.8. The molecule has 0 spiro atoms. The number of amides is 2. The summed E-state index contributed by atoms with van der Waals surface area (Å²) in [4.78, 5) is 29.4. The van der Waals surface area contributed by atoms with Gasteiger partial charge in [0.1, 0.15) is 6.04 Å². The number of rotatable bonds is 9. The van der Waals surface area contributed by atoms with Crippen LogP contribution in [0.1, 0.15) is 47.9 Å². The smallest absolute Gasteiger partial charge is 0.243 e. The van der Waals surface area contributed by atoms with E-state index in [0.717, 1.165) is 52.4 Å². The van der Waals surface area contributed by atoms with Crippen molar-refractivity contribution in [2.45, 2.75) is 64.1 Å². The number of hydrogen-bond donors (Lipinski definition) is 1. The second-order valence-corrected chi connectivity index (χ2v) is 10.4. The van der Waals surface area contributed by atoms with Gasteiger partial charge in [-0.1, -0.05) is 95.5 Å². The van der Waals surface area contributed by atoms with Crippen LogP contribution < -0.4 is 5.32 Å². The first-order chi connectivity index (χ1) is 17.0. The number of nitrogens with zero attached hydrogens (tertiary/aromatic N) is 1. The largest absolute Gasteiger partial charge is 0.352 e. The molecule has 1 aliphatic rings. The Hall–Kier alpha value is -2.92. The molecule has 3 aromatic rings. The summed E-state index contributed by atoms with van der Waals surface area (Å²) in [6.45, 7) is 2.40. The van der Waals surface area contributed by atoms with Crippen molar-refractivity contribution in [1.82, 2.24) is 10.2 Å². The van der Waals surface area contributed by atoms with Gasteiger partial charge in [-0.25, -0.2) is 0 Å². The molecule has 1 N–H and O–H groups in total. The molecule has 0 bridgehead atoms. The minimum Gasteiger partial charge on any atom is -0.352 e. The molecular formula is C30H33BrN2O2. The number of halogens is 1. The van der Waals surface area contributed by atoms with Crippen molar-refractivity contribution in [2.75, 3.05) is 0 Å². The van der Waals surface area contributed by atoms with Crippen LogP contribution in [0.3, 0.4) is 0 Å². The standard InChI is InChI=1S/C30H33BrN2O2/c1-22-10-5-6-14-25(22)20-29(34)33(21-24-13-9-15-26(31)18-24)28(19-23-11-3-2-4-12-23)30(35)32-27-16-7-8-17-27/h2-6,9-15,18,27-28H,7-8,16-17,19-21H2,1H3,(H,32,35). The lowest BCUT2D eigenvalue weighted by atomic mass is 10.00. The van der Waals surface area contributed by atoms with Crippen molar-refractivity contribution < 1.29 is 9.59 Å². The first-order valence-electron chi connectivity index (χ1n) is 12.4. The highest BCUT2D eigenvalue weighted by molar-refractivity contribution is 9.10. The fourth-order valence-corrected chi connectivity index (χ4v) is 5.27. The van der Waals surface area contributed by atoms with E-state index in [4.69, 9.17) is 0 Å². The van der Waals surface area contributed by atoms with Crippen molar-refractivity contribution >= 4 is 27.7 Å². The quantitative estimate of drug-likeness (QED) is 0.367. The van der Waals surface area contributed by atoms with Crippen LogP contribution in [-0.2, 0) is 29.0 Å². The van der Waals surface area contributed by atoms with Crippen molar-refractivity contribution in [3.05, 3.63) is 106 Å². The Balaban J connectivity index is 1.67. The Kier molecular flexibility index (Phi) is 8.75. The highest BCUT2D eigenvalue weighted by Gasteiger charge is 2.32. The molecule has 35 heavy (non-hydrogen) atoms. The number of aryl methyl sites for hydroxylation is 1. The number of benzene rings is 3. The van der Waals surface area contributed by atoms with Crippen LogP contribution in [0.15, 0.2) is 83.3 Å². The second-order valence-electron chi connectivity index (χ2n) is 9.45. The molecule has 0 aliphatic heterocycles. The predicted octanol–water partition coefficient (Wildman–Crippen LogP) is 6.00. The van der Waals surface area contributed by atoms with Crippen LogP contribution in [0.4, 0.5) is 0 Å². The maximum Gasteiger partial charge on any atom is 0.243 e. The average molecular weight is 534 g/mol. The number of carbonyl (C=O) groups excluding carboxylic acids is 2. The molecule has 4 rings (SSSR count). The molecule has 182 valence electrons. The van der Waals surface area contributed by atoms with Gasteiger partial charge >= 0.3 is 0 Å². The third-order valence-electron chi connectivity index (χ3n) is 6.82. The van der Waals surface area contributed by atoms with E-state index in [1.54, 1.807) is 4.90 Å². The Bertz CT molecular complexity index is 1140. The van der Waals surface area contributed by atoms with Gasteiger partial charge in [0.15, 0.2) is 0 Å². The molecule has 1 unspecified atom stereocenters. The number of hydrogen-bond acceptors (Lipinski definition) is 2. The molecular weight excluding hydrogens is 500 g/mol. The summed E-state index contributed by atoms with van der Waals surface area (Å²) in [5.74, 6) is -0.101. The molecule has 0 saturated heterocycles. The summed E-state index contributed by atoms with van der Waals surface area (Å²) in [5, 5.41) is 3.26. The lowest BCUT2D eigenvalue weighted by molar-refractivity contribution is -0.141. The Labute approximate surface area is 216 Å². The van der Waals surface area contributed by atoms with Gasteiger partial charge in [-0.2, -0.15) is 0 Å². The lowest BCUT2D eigenvalue weighted by Gasteiger charge is -2.32. The Morgan fingerprint density at radius 1 is 0.943 bits per heavy atom. The van der Waals surface area contributed by atoms with E-state index >= 15 is 0 Å². The van der Waals surface area contributed by atoms with Gasteiger partial charge in [0.2, 0.25) is 11.8 Å². The van der Waals surface area contributed by atoms with Crippen molar-refractivity contribution in [3.8, 4) is 0 Å². The summed E-state index contributed by atoms with van der Waals surface area (Å²) in [7, 11) is 0. The average Bonchev–Trinajstić information content (AvgIpc) is 3.36. The number of nitrogens with one attached hydrogen (secondary N) is 1. The zero-order valence-electron chi connectivity index (χ0n) is 20.3. The van der Waals surface area contributed by atoms with Crippen LogP contribution in [-0.4, -0.2) is 28.8 Å². The van der Waals surface area contributed by atoms with E-state index in [-0.39, 0.29) is 24.3 Å². The minimum atomic E-state index is -0.589. The molecule has 0 heterocycles. The fourth-order valence-electron chi connectivity index (χ4n) is 4.83. The number of carbonyl (C=O) groups is 2. The van der Waals surface area contributed by atoms with Gasteiger partial charge in [0.05, 0.1) is 6.42 Å². The topological polar surface area (TPSA) is 49.4 Å². The van der Waals surface area contributed by atoms with Crippen molar-refractivity contribution in [3.63, 3.8) is 0 Å². The predicted molar refractivity (Wildman–Crippen MR) is 144 cm³/mol. The molecule has 2 amide bonds. The van der Waals surface area contributed by atoms with Crippen LogP contribution in [0.2, 0.25) is 0 Å². The summed E-state index contributed by atoms with van der Waals surface area (Å²) >= 11 is 3.55. The highest BCUT2D eigenvalue weighted by Crippen LogP contribution is 2.22. The monoisotopic (exact) mass is 532 g/mol. The van der Waals surface area contributed by atoms with Gasteiger partial charge in [-0.3, -0.25) is 9.59 Å². The molecule has 4 nitrogen and oxygen atoms in total. The normalized spacial score (nSPS) is 14.5. The van der Waals surface area contributed by atoms with Crippen LogP contribution in [0.5, 0.6) is 0 Å². The van der Waals surface area contributed by atoms with E-state index in [0.29, 0.717) is 13.0 Å². The summed E-state index contributed by atoms with van der Waals surface area (Å²) in [6.07, 6.45) is 5.04. The van der Waals surface area contributed by atoms with Crippen LogP contribution in [0, 0.1) is 6.92 Å². The molecule has 0 aromatic heterocycles. The summed E-state index contributed by atoms with van der Waals surface area (Å²) < 4.78 is 0.955. The van der Waals surface area contributed by atoms with Gasteiger partial charge in [0, 0.05) is 23.5 Å². The summed E-state index contributed by atoms with van der Waals surface area (Å²) in [5.41, 5.74) is 4.11. The van der Waals surface area contributed by atoms with E-state index in [2.05, 4.69) is 21.2 Å². The molecule has 1 aliphatic carbocycles.